The fraction of sp³-hybridized carbons (Fsp3) is 1.00. The highest BCUT2D eigenvalue weighted by molar-refractivity contribution is 4.84. The second-order valence-corrected chi connectivity index (χ2v) is 4.41. The minimum absolute atomic E-state index is 0.454. The minimum atomic E-state index is -0.626. The monoisotopic (exact) mass is 187 g/mol. The summed E-state index contributed by atoms with van der Waals surface area (Å²) in [7, 11) is 0. The molecule has 0 saturated carbocycles. The topological polar surface area (TPSA) is 70.9 Å². The maximum Gasteiger partial charge on any atom is 0.109 e. The predicted octanol–water partition coefficient (Wildman–Crippen LogP) is 1.67. The second-order valence-electron chi connectivity index (χ2n) is 4.41. The quantitative estimate of drug-likeness (QED) is 0.643. The van der Waals surface area contributed by atoms with E-state index in [2.05, 4.69) is 15.7 Å². The van der Waals surface area contributed by atoms with E-state index < -0.39 is 11.1 Å². The average molecular weight is 187 g/mol. The average Bonchev–Trinajstić information content (AvgIpc) is 2.04. The smallest absolute Gasteiger partial charge is 0.109 e. The molecule has 0 fully saturated rings. The molecule has 0 aliphatic heterocycles. The van der Waals surface area contributed by atoms with E-state index in [0.717, 1.165) is 0 Å². The molecule has 0 aromatic rings. The van der Waals surface area contributed by atoms with Crippen LogP contribution in [0.4, 0.5) is 0 Å². The lowest BCUT2D eigenvalue weighted by molar-refractivity contribution is 0.411. The lowest BCUT2D eigenvalue weighted by atomic mass is 10.0. The van der Waals surface area contributed by atoms with Gasteiger partial charge in [-0.25, -0.2) is 0 Å². The zero-order valence-electron chi connectivity index (χ0n) is 8.63. The largest absolute Gasteiger partial charge is 0.312 e. The van der Waals surface area contributed by atoms with Crippen LogP contribution < -0.4 is 5.32 Å². The number of nitrogens with one attached hydrogen (secondary N) is 1. The molecule has 0 aromatic heterocycles. The van der Waals surface area contributed by atoms with Crippen molar-refractivity contribution in [1.82, 2.24) is 5.32 Å². The lowest BCUT2D eigenvalue weighted by Gasteiger charge is -2.20. The molecule has 5 nitrogen and oxygen atoms in total. The molecule has 0 rings (SSSR count). The summed E-state index contributed by atoms with van der Waals surface area (Å²) in [6.07, 6.45) is 0. The van der Waals surface area contributed by atoms with E-state index >= 15 is 0 Å². The second kappa shape index (κ2) is 4.41. The highest BCUT2D eigenvalue weighted by atomic mass is 16.3. The molecular weight excluding hydrogens is 170 g/mol. The van der Waals surface area contributed by atoms with E-state index in [-0.39, 0.29) is 0 Å². The zero-order chi connectivity index (χ0) is 10.5. The van der Waals surface area contributed by atoms with E-state index in [1.165, 1.54) is 0 Å². The highest BCUT2D eigenvalue weighted by Crippen LogP contribution is 2.08. The molecule has 0 heterocycles. The van der Waals surface area contributed by atoms with Gasteiger partial charge in [0.15, 0.2) is 0 Å². The van der Waals surface area contributed by atoms with Crippen LogP contribution in [0, 0.1) is 9.81 Å². The van der Waals surface area contributed by atoms with Crippen molar-refractivity contribution in [3.63, 3.8) is 0 Å². The van der Waals surface area contributed by atoms with Crippen LogP contribution in [0.3, 0.4) is 0 Å². The molecule has 0 aromatic carbocycles. The first-order valence-electron chi connectivity index (χ1n) is 4.23. The molecule has 0 saturated heterocycles. The van der Waals surface area contributed by atoms with Gasteiger partial charge >= 0.3 is 0 Å². The van der Waals surface area contributed by atoms with Gasteiger partial charge in [0, 0.05) is 13.1 Å². The third-order valence-electron chi connectivity index (χ3n) is 1.61. The van der Waals surface area contributed by atoms with Crippen LogP contribution in [-0.2, 0) is 0 Å². The van der Waals surface area contributed by atoms with E-state index in [1.807, 2.05) is 0 Å². The normalized spacial score (nSPS) is 12.6. The third kappa shape index (κ3) is 5.41. The van der Waals surface area contributed by atoms with Crippen molar-refractivity contribution in [2.24, 2.45) is 10.4 Å². The summed E-state index contributed by atoms with van der Waals surface area (Å²) in [4.78, 5) is 20.6. The number of nitroso groups, excluding NO2 is 2. The van der Waals surface area contributed by atoms with E-state index in [1.54, 1.807) is 27.7 Å². The first-order valence-corrected chi connectivity index (χ1v) is 4.23. The van der Waals surface area contributed by atoms with Gasteiger partial charge in [-0.3, -0.25) is 0 Å². The number of hydrogen-bond acceptors (Lipinski definition) is 5. The molecule has 0 spiro atoms. The van der Waals surface area contributed by atoms with Gasteiger partial charge in [0.05, 0.1) is 0 Å². The lowest BCUT2D eigenvalue weighted by Crippen LogP contribution is -2.40. The first kappa shape index (κ1) is 12.2. The molecule has 0 aliphatic carbocycles. The van der Waals surface area contributed by atoms with Crippen molar-refractivity contribution in [3.05, 3.63) is 9.81 Å². The fourth-order valence-electron chi connectivity index (χ4n) is 0.739. The van der Waals surface area contributed by atoms with Crippen molar-refractivity contribution >= 4 is 0 Å². The maximum absolute atomic E-state index is 10.3. The SMILES string of the molecule is CC(C)(CNCC(C)(C)N=O)N=O. The number of hydrogen-bond donors (Lipinski definition) is 1. The third-order valence-corrected chi connectivity index (χ3v) is 1.61. The summed E-state index contributed by atoms with van der Waals surface area (Å²) in [6, 6.07) is 0. The van der Waals surface area contributed by atoms with Crippen molar-refractivity contribution in [2.75, 3.05) is 13.1 Å². The Hall–Kier alpha value is -0.840. The van der Waals surface area contributed by atoms with Crippen LogP contribution in [0.15, 0.2) is 10.4 Å². The Morgan fingerprint density at radius 3 is 1.46 bits per heavy atom. The molecule has 0 amide bonds. The van der Waals surface area contributed by atoms with Gasteiger partial charge < -0.3 is 5.32 Å². The van der Waals surface area contributed by atoms with Crippen molar-refractivity contribution in [3.8, 4) is 0 Å². The minimum Gasteiger partial charge on any atom is -0.312 e. The molecule has 5 heteroatoms. The van der Waals surface area contributed by atoms with Crippen LogP contribution in [0.1, 0.15) is 27.7 Å². The number of rotatable bonds is 6. The van der Waals surface area contributed by atoms with Gasteiger partial charge in [0.2, 0.25) is 0 Å². The Bertz CT molecular complexity index is 170. The Morgan fingerprint density at radius 2 is 1.23 bits per heavy atom. The zero-order valence-corrected chi connectivity index (χ0v) is 8.63. The Labute approximate surface area is 78.2 Å². The standard InChI is InChI=1S/C8H17N3O2/c1-7(2,10-12)5-9-6-8(3,4)11-13/h9H,5-6H2,1-4H3. The molecule has 13 heavy (non-hydrogen) atoms. The van der Waals surface area contributed by atoms with Crippen LogP contribution in [0.2, 0.25) is 0 Å². The van der Waals surface area contributed by atoms with Gasteiger partial charge in [0.1, 0.15) is 11.1 Å². The Balaban J connectivity index is 3.80. The van der Waals surface area contributed by atoms with Crippen molar-refractivity contribution in [2.45, 2.75) is 38.8 Å². The van der Waals surface area contributed by atoms with E-state index in [4.69, 9.17) is 0 Å². The summed E-state index contributed by atoms with van der Waals surface area (Å²) in [5.41, 5.74) is -1.25. The maximum atomic E-state index is 10.3. The summed E-state index contributed by atoms with van der Waals surface area (Å²) < 4.78 is 0. The molecule has 0 atom stereocenters. The van der Waals surface area contributed by atoms with Gasteiger partial charge in [0.25, 0.3) is 0 Å². The van der Waals surface area contributed by atoms with Crippen LogP contribution >= 0.6 is 0 Å². The summed E-state index contributed by atoms with van der Waals surface area (Å²) in [5.74, 6) is 0. The first-order chi connectivity index (χ1) is 5.83. The highest BCUT2D eigenvalue weighted by Gasteiger charge is 2.21. The number of nitrogens with zero attached hydrogens (tertiary/aromatic N) is 2. The van der Waals surface area contributed by atoms with Crippen molar-refractivity contribution < 1.29 is 0 Å². The van der Waals surface area contributed by atoms with E-state index in [0.29, 0.717) is 13.1 Å². The van der Waals surface area contributed by atoms with Crippen molar-refractivity contribution in [1.29, 1.82) is 0 Å². The van der Waals surface area contributed by atoms with Crippen LogP contribution in [-0.4, -0.2) is 24.2 Å². The summed E-state index contributed by atoms with van der Waals surface area (Å²) >= 11 is 0. The van der Waals surface area contributed by atoms with Gasteiger partial charge in [-0.15, -0.1) is 0 Å². The molecular formula is C8H17N3O2. The van der Waals surface area contributed by atoms with Gasteiger partial charge in [-0.05, 0) is 27.7 Å². The molecule has 0 unspecified atom stereocenters. The Kier molecular flexibility index (Phi) is 4.13. The molecule has 0 aliphatic rings. The van der Waals surface area contributed by atoms with Crippen LogP contribution in [0.25, 0.3) is 0 Å². The molecule has 76 valence electrons. The fourth-order valence-corrected chi connectivity index (χ4v) is 0.739. The summed E-state index contributed by atoms with van der Waals surface area (Å²) in [6.45, 7) is 7.83. The van der Waals surface area contributed by atoms with Gasteiger partial charge in [-0.1, -0.05) is 10.4 Å². The summed E-state index contributed by atoms with van der Waals surface area (Å²) in [5, 5.41) is 8.87. The van der Waals surface area contributed by atoms with Crippen LogP contribution in [0.5, 0.6) is 0 Å². The van der Waals surface area contributed by atoms with Gasteiger partial charge in [-0.2, -0.15) is 9.81 Å². The Morgan fingerprint density at radius 1 is 0.923 bits per heavy atom. The van der Waals surface area contributed by atoms with E-state index in [9.17, 15) is 9.81 Å². The molecule has 0 bridgehead atoms. The predicted molar refractivity (Wildman–Crippen MR) is 52.6 cm³/mol. The molecule has 0 radical (unpaired) electrons. The molecule has 1 N–H and O–H groups in total.